The van der Waals surface area contributed by atoms with Crippen LogP contribution in [0, 0.1) is 0 Å². The normalized spacial score (nSPS) is 10.1. The van der Waals surface area contributed by atoms with Gasteiger partial charge in [0.1, 0.15) is 0 Å². The van der Waals surface area contributed by atoms with E-state index < -0.39 is 0 Å². The van der Waals surface area contributed by atoms with E-state index >= 15 is 0 Å². The lowest BCUT2D eigenvalue weighted by atomic mass is 10.1. The van der Waals surface area contributed by atoms with Crippen LogP contribution in [0.15, 0.2) is 54.6 Å². The summed E-state index contributed by atoms with van der Waals surface area (Å²) in [6.07, 6.45) is 1.08. The zero-order valence-electron chi connectivity index (χ0n) is 8.99. The molecule has 2 heteroatoms. The van der Waals surface area contributed by atoms with Crippen molar-refractivity contribution in [1.82, 2.24) is 0 Å². The van der Waals surface area contributed by atoms with Gasteiger partial charge in [-0.15, -0.1) is 0 Å². The fraction of sp³-hybridized carbons (Fsp3) is 0.143. The molecule has 0 aliphatic carbocycles. The summed E-state index contributed by atoms with van der Waals surface area (Å²) in [6.45, 7) is 0. The lowest BCUT2D eigenvalue weighted by Gasteiger charge is -2.06. The highest BCUT2D eigenvalue weighted by Crippen LogP contribution is 2.16. The number of para-hydroxylation sites is 1. The fourth-order valence-electron chi connectivity index (χ4n) is 1.55. The molecule has 82 valence electrons. The Morgan fingerprint density at radius 3 is 2.06 bits per heavy atom. The molecular weight excluding hydrogens is 262 g/mol. The number of hydrogen-bond acceptors (Lipinski definition) is 1. The summed E-state index contributed by atoms with van der Waals surface area (Å²) >= 11 is 3.44. The molecule has 0 amide bonds. The van der Waals surface area contributed by atoms with E-state index in [1.807, 2.05) is 18.2 Å². The topological polar surface area (TPSA) is 12.0 Å². The molecule has 0 heterocycles. The standard InChI is InChI=1S/C14H14BrN/c15-11-10-12-6-8-14(9-7-12)16-13-4-2-1-3-5-13/h1-9,16H,10-11H2. The van der Waals surface area contributed by atoms with Gasteiger partial charge in [-0.3, -0.25) is 0 Å². The van der Waals surface area contributed by atoms with Gasteiger partial charge in [0, 0.05) is 16.7 Å². The van der Waals surface area contributed by atoms with Crippen molar-refractivity contribution in [3.05, 3.63) is 60.2 Å². The Balaban J connectivity index is 2.05. The van der Waals surface area contributed by atoms with Gasteiger partial charge in [0.25, 0.3) is 0 Å². The molecule has 0 aliphatic heterocycles. The van der Waals surface area contributed by atoms with Crippen LogP contribution in [0.5, 0.6) is 0 Å². The van der Waals surface area contributed by atoms with E-state index in [0.717, 1.165) is 23.1 Å². The largest absolute Gasteiger partial charge is 0.356 e. The molecule has 16 heavy (non-hydrogen) atoms. The molecule has 0 atom stereocenters. The highest BCUT2D eigenvalue weighted by molar-refractivity contribution is 9.09. The first-order valence-electron chi connectivity index (χ1n) is 5.35. The van der Waals surface area contributed by atoms with Crippen molar-refractivity contribution in [1.29, 1.82) is 0 Å². The molecule has 0 bridgehead atoms. The quantitative estimate of drug-likeness (QED) is 0.818. The minimum atomic E-state index is 1.01. The average Bonchev–Trinajstić information content (AvgIpc) is 2.33. The number of rotatable bonds is 4. The molecule has 2 aromatic rings. The first kappa shape index (κ1) is 11.2. The van der Waals surface area contributed by atoms with Gasteiger partial charge >= 0.3 is 0 Å². The van der Waals surface area contributed by atoms with Gasteiger partial charge in [0.05, 0.1) is 0 Å². The molecule has 1 nitrogen and oxygen atoms in total. The number of aryl methyl sites for hydroxylation is 1. The molecule has 2 aromatic carbocycles. The second-order valence-corrected chi connectivity index (χ2v) is 4.42. The van der Waals surface area contributed by atoms with E-state index in [4.69, 9.17) is 0 Å². The summed E-state index contributed by atoms with van der Waals surface area (Å²) in [7, 11) is 0. The zero-order chi connectivity index (χ0) is 11.2. The fourth-order valence-corrected chi connectivity index (χ4v) is 2.01. The number of anilines is 2. The van der Waals surface area contributed by atoms with Gasteiger partial charge in [-0.05, 0) is 36.2 Å². The molecule has 0 saturated carbocycles. The molecular formula is C14H14BrN. The van der Waals surface area contributed by atoms with Crippen LogP contribution < -0.4 is 5.32 Å². The maximum absolute atomic E-state index is 3.44. The van der Waals surface area contributed by atoms with Gasteiger partial charge in [-0.2, -0.15) is 0 Å². The first-order valence-corrected chi connectivity index (χ1v) is 6.47. The van der Waals surface area contributed by atoms with Crippen molar-refractivity contribution in [2.75, 3.05) is 10.6 Å². The highest BCUT2D eigenvalue weighted by Gasteiger charge is 1.94. The molecule has 0 unspecified atom stereocenters. The summed E-state index contributed by atoms with van der Waals surface area (Å²) in [5, 5.41) is 4.37. The van der Waals surface area contributed by atoms with Crippen LogP contribution in [0.25, 0.3) is 0 Å². The molecule has 0 aromatic heterocycles. The molecule has 0 fully saturated rings. The van der Waals surface area contributed by atoms with Crippen LogP contribution in [-0.2, 0) is 6.42 Å². The Labute approximate surface area is 105 Å². The minimum absolute atomic E-state index is 1.01. The molecule has 0 saturated heterocycles. The Morgan fingerprint density at radius 2 is 1.44 bits per heavy atom. The van der Waals surface area contributed by atoms with Gasteiger partial charge in [-0.1, -0.05) is 46.3 Å². The van der Waals surface area contributed by atoms with E-state index in [1.54, 1.807) is 0 Å². The molecule has 0 spiro atoms. The molecule has 0 radical (unpaired) electrons. The van der Waals surface area contributed by atoms with Crippen LogP contribution in [0.4, 0.5) is 11.4 Å². The average molecular weight is 276 g/mol. The van der Waals surface area contributed by atoms with E-state index in [1.165, 1.54) is 5.56 Å². The molecule has 2 rings (SSSR count). The van der Waals surface area contributed by atoms with Gasteiger partial charge in [0.2, 0.25) is 0 Å². The summed E-state index contributed by atoms with van der Waals surface area (Å²) in [5.74, 6) is 0. The predicted molar refractivity (Wildman–Crippen MR) is 73.7 cm³/mol. The smallest absolute Gasteiger partial charge is 0.0384 e. The second-order valence-electron chi connectivity index (χ2n) is 3.63. The van der Waals surface area contributed by atoms with Crippen molar-refractivity contribution >= 4 is 27.3 Å². The van der Waals surface area contributed by atoms with Crippen molar-refractivity contribution < 1.29 is 0 Å². The Hall–Kier alpha value is -1.28. The SMILES string of the molecule is BrCCc1ccc(Nc2ccccc2)cc1. The van der Waals surface area contributed by atoms with Crippen LogP contribution >= 0.6 is 15.9 Å². The Kier molecular flexibility index (Phi) is 4.00. The third-order valence-electron chi connectivity index (χ3n) is 2.40. The minimum Gasteiger partial charge on any atom is -0.356 e. The molecule has 1 N–H and O–H groups in total. The second kappa shape index (κ2) is 5.71. The van der Waals surface area contributed by atoms with Crippen LogP contribution in [0.2, 0.25) is 0 Å². The van der Waals surface area contributed by atoms with Crippen LogP contribution in [0.3, 0.4) is 0 Å². The van der Waals surface area contributed by atoms with Gasteiger partial charge in [-0.25, -0.2) is 0 Å². The highest BCUT2D eigenvalue weighted by atomic mass is 79.9. The van der Waals surface area contributed by atoms with Crippen molar-refractivity contribution in [2.24, 2.45) is 0 Å². The summed E-state index contributed by atoms with van der Waals surface area (Å²) in [6, 6.07) is 18.8. The van der Waals surface area contributed by atoms with E-state index in [0.29, 0.717) is 0 Å². The summed E-state index contributed by atoms with van der Waals surface area (Å²) in [4.78, 5) is 0. The number of halogens is 1. The van der Waals surface area contributed by atoms with Gasteiger partial charge in [0.15, 0.2) is 0 Å². The lowest BCUT2D eigenvalue weighted by Crippen LogP contribution is -1.91. The third-order valence-corrected chi connectivity index (χ3v) is 2.80. The number of hydrogen-bond donors (Lipinski definition) is 1. The third kappa shape index (κ3) is 3.11. The van der Waals surface area contributed by atoms with Crippen LogP contribution in [-0.4, -0.2) is 5.33 Å². The lowest BCUT2D eigenvalue weighted by molar-refractivity contribution is 1.17. The van der Waals surface area contributed by atoms with E-state index in [2.05, 4.69) is 57.6 Å². The van der Waals surface area contributed by atoms with Crippen LogP contribution in [0.1, 0.15) is 5.56 Å². The van der Waals surface area contributed by atoms with E-state index in [9.17, 15) is 0 Å². The number of benzene rings is 2. The van der Waals surface area contributed by atoms with Gasteiger partial charge < -0.3 is 5.32 Å². The summed E-state index contributed by atoms with van der Waals surface area (Å²) in [5.41, 5.74) is 3.61. The summed E-state index contributed by atoms with van der Waals surface area (Å²) < 4.78 is 0. The number of nitrogens with one attached hydrogen (secondary N) is 1. The van der Waals surface area contributed by atoms with Crippen molar-refractivity contribution in [3.8, 4) is 0 Å². The first-order chi connectivity index (χ1) is 7.88. The van der Waals surface area contributed by atoms with Crippen molar-refractivity contribution in [2.45, 2.75) is 6.42 Å². The monoisotopic (exact) mass is 275 g/mol. The van der Waals surface area contributed by atoms with Crippen molar-refractivity contribution in [3.63, 3.8) is 0 Å². The molecule has 0 aliphatic rings. The number of alkyl halides is 1. The Morgan fingerprint density at radius 1 is 0.812 bits per heavy atom. The van der Waals surface area contributed by atoms with E-state index in [-0.39, 0.29) is 0 Å². The Bertz CT molecular complexity index is 422. The maximum Gasteiger partial charge on any atom is 0.0384 e. The predicted octanol–water partition coefficient (Wildman–Crippen LogP) is 4.37. The zero-order valence-corrected chi connectivity index (χ0v) is 10.6. The maximum atomic E-state index is 3.44.